The number of para-hydroxylation sites is 1. The van der Waals surface area contributed by atoms with Gasteiger partial charge in [-0.1, -0.05) is 17.7 Å². The Morgan fingerprint density at radius 2 is 2.05 bits per heavy atom. The third kappa shape index (κ3) is 3.69. The molecule has 3 aromatic heterocycles. The van der Waals surface area contributed by atoms with Crippen LogP contribution in [0.25, 0.3) is 22.3 Å². The molecule has 2 fully saturated rings. The van der Waals surface area contributed by atoms with Crippen molar-refractivity contribution in [3.63, 3.8) is 0 Å². The number of methoxy groups -OCH3 is 1. The Morgan fingerprint density at radius 1 is 1.19 bits per heavy atom. The number of pyridine rings is 2. The number of anilines is 2. The van der Waals surface area contributed by atoms with Crippen LogP contribution in [0.15, 0.2) is 42.6 Å². The Balaban J connectivity index is 1.39. The van der Waals surface area contributed by atoms with Gasteiger partial charge >= 0.3 is 0 Å². The van der Waals surface area contributed by atoms with Gasteiger partial charge in [-0.25, -0.2) is 4.98 Å². The molecule has 1 aromatic carbocycles. The molecule has 9 nitrogen and oxygen atoms in total. The maximum absolute atomic E-state index is 13.2. The predicted octanol–water partition coefficient (Wildman–Crippen LogP) is 4.32. The van der Waals surface area contributed by atoms with Crippen molar-refractivity contribution in [2.45, 2.75) is 24.5 Å². The first-order valence-electron chi connectivity index (χ1n) is 12.3. The van der Waals surface area contributed by atoms with Gasteiger partial charge in [-0.2, -0.15) is 0 Å². The number of likely N-dealkylation sites (tertiary alicyclic amines) is 1. The number of nitrogens with zero attached hydrogens (tertiary/aromatic N) is 3. The predicted molar refractivity (Wildman–Crippen MR) is 141 cm³/mol. The van der Waals surface area contributed by atoms with Crippen LogP contribution < -0.4 is 20.1 Å². The van der Waals surface area contributed by atoms with Gasteiger partial charge in [0.15, 0.2) is 5.75 Å². The summed E-state index contributed by atoms with van der Waals surface area (Å²) in [6, 6.07) is 11.3. The molecule has 1 saturated carbocycles. The molecule has 2 atom stereocenters. The van der Waals surface area contributed by atoms with Crippen LogP contribution in [0.5, 0.6) is 11.6 Å². The molecule has 1 saturated heterocycles. The summed E-state index contributed by atoms with van der Waals surface area (Å²) in [7, 11) is 3.63. The van der Waals surface area contributed by atoms with E-state index in [-0.39, 0.29) is 24.0 Å². The highest BCUT2D eigenvalue weighted by molar-refractivity contribution is 6.32. The SMILES string of the molecule is COc1c(Cl)cccc1Nc1c(-c2ccnc3ccc(OC4CN(C)C4)nc23)[nH]c2c1C(=O)NC1CC21. The average Bonchev–Trinajstić information content (AvgIpc) is 3.55. The summed E-state index contributed by atoms with van der Waals surface area (Å²) in [4.78, 5) is 28.4. The van der Waals surface area contributed by atoms with Crippen LogP contribution >= 0.6 is 11.6 Å². The lowest BCUT2D eigenvalue weighted by molar-refractivity contribution is 0.0358. The first kappa shape index (κ1) is 22.4. The number of rotatable bonds is 6. The zero-order valence-corrected chi connectivity index (χ0v) is 21.1. The maximum atomic E-state index is 13.2. The Labute approximate surface area is 218 Å². The zero-order chi connectivity index (χ0) is 25.3. The number of ether oxygens (including phenoxy) is 2. The number of nitrogens with one attached hydrogen (secondary N) is 3. The Morgan fingerprint density at radius 3 is 2.86 bits per heavy atom. The van der Waals surface area contributed by atoms with Crippen LogP contribution in [-0.2, 0) is 0 Å². The lowest BCUT2D eigenvalue weighted by Crippen LogP contribution is -2.51. The first-order chi connectivity index (χ1) is 18.0. The normalized spacial score (nSPS) is 20.6. The molecule has 1 aliphatic carbocycles. The molecule has 0 bridgehead atoms. The second-order valence-electron chi connectivity index (χ2n) is 9.87. The molecule has 0 spiro atoms. The van der Waals surface area contributed by atoms with Gasteiger partial charge in [-0.15, -0.1) is 0 Å². The fourth-order valence-corrected chi connectivity index (χ4v) is 5.64. The van der Waals surface area contributed by atoms with Crippen LogP contribution in [0, 0.1) is 0 Å². The lowest BCUT2D eigenvalue weighted by atomic mass is 10.0. The number of likely N-dealkylation sites (N-methyl/N-ethyl adjacent to an activating group) is 1. The van der Waals surface area contributed by atoms with Crippen molar-refractivity contribution < 1.29 is 14.3 Å². The molecule has 3 aliphatic rings. The van der Waals surface area contributed by atoms with E-state index in [1.807, 2.05) is 30.3 Å². The van der Waals surface area contributed by atoms with E-state index in [0.29, 0.717) is 39.1 Å². The molecular weight excluding hydrogens is 492 g/mol. The van der Waals surface area contributed by atoms with Crippen molar-refractivity contribution in [2.75, 3.05) is 32.6 Å². The number of carbonyl (C=O) groups excluding carboxylic acids is 1. The number of aromatic nitrogens is 3. The highest BCUT2D eigenvalue weighted by Crippen LogP contribution is 2.51. The molecular formula is C27H25ClN6O3. The topological polar surface area (TPSA) is 104 Å². The van der Waals surface area contributed by atoms with E-state index in [1.54, 1.807) is 19.4 Å². The van der Waals surface area contributed by atoms with E-state index >= 15 is 0 Å². The molecule has 2 unspecified atom stereocenters. The fraction of sp³-hybridized carbons (Fsp3) is 0.296. The summed E-state index contributed by atoms with van der Waals surface area (Å²) in [6.07, 6.45) is 2.79. The molecule has 1 amide bonds. The van der Waals surface area contributed by atoms with E-state index in [9.17, 15) is 4.79 Å². The van der Waals surface area contributed by atoms with Crippen molar-refractivity contribution in [2.24, 2.45) is 0 Å². The number of hydrogen-bond donors (Lipinski definition) is 3. The number of carbonyl (C=O) groups is 1. The maximum Gasteiger partial charge on any atom is 0.255 e. The van der Waals surface area contributed by atoms with Gasteiger partial charge in [0.2, 0.25) is 5.88 Å². The summed E-state index contributed by atoms with van der Waals surface area (Å²) < 4.78 is 11.7. The van der Waals surface area contributed by atoms with Gasteiger partial charge in [0.05, 0.1) is 40.3 Å². The number of aromatic amines is 1. The molecule has 3 N–H and O–H groups in total. The molecule has 188 valence electrons. The van der Waals surface area contributed by atoms with E-state index in [2.05, 4.69) is 32.5 Å². The third-order valence-corrected chi connectivity index (χ3v) is 7.61. The average molecular weight is 517 g/mol. The number of fused-ring (bicyclic) bond motifs is 4. The number of H-pyrrole nitrogens is 1. The number of halogens is 1. The minimum absolute atomic E-state index is 0.107. The first-order valence-corrected chi connectivity index (χ1v) is 12.7. The van der Waals surface area contributed by atoms with Gasteiger partial charge in [0.1, 0.15) is 11.6 Å². The van der Waals surface area contributed by atoms with E-state index in [1.165, 1.54) is 0 Å². The monoisotopic (exact) mass is 516 g/mol. The van der Waals surface area contributed by atoms with Crippen molar-refractivity contribution in [3.8, 4) is 22.9 Å². The van der Waals surface area contributed by atoms with Crippen LogP contribution in [0.1, 0.15) is 28.4 Å². The number of amides is 1. The highest BCUT2D eigenvalue weighted by atomic mass is 35.5. The molecule has 0 radical (unpaired) electrons. The van der Waals surface area contributed by atoms with Gasteiger partial charge in [0.25, 0.3) is 5.91 Å². The van der Waals surface area contributed by atoms with Gasteiger partial charge in [0, 0.05) is 48.6 Å². The van der Waals surface area contributed by atoms with Crippen molar-refractivity contribution >= 4 is 39.9 Å². The second kappa shape index (κ2) is 8.36. The van der Waals surface area contributed by atoms with Crippen LogP contribution in [0.3, 0.4) is 0 Å². The highest BCUT2D eigenvalue weighted by Gasteiger charge is 2.48. The van der Waals surface area contributed by atoms with Crippen molar-refractivity contribution in [3.05, 3.63) is 58.9 Å². The fourth-order valence-electron chi connectivity index (χ4n) is 5.39. The van der Waals surface area contributed by atoms with Gasteiger partial charge in [-0.05, 0) is 37.7 Å². The minimum atomic E-state index is -0.107. The zero-order valence-electron chi connectivity index (χ0n) is 20.3. The van der Waals surface area contributed by atoms with Crippen LogP contribution in [-0.4, -0.2) is 65.2 Å². The minimum Gasteiger partial charge on any atom is -0.493 e. The second-order valence-corrected chi connectivity index (χ2v) is 10.3. The standard InChI is InChI=1S/C27H25ClN6O3/c1-34-11-13(12-34)37-20-7-6-17-22(32-20)14(8-9-29-17)24-25(30-18-5-3-4-16(28)26(18)36-2)21-23(33-24)15-10-19(15)31-27(21)35/h3-9,13,15,19,30,33H,10-12H2,1-2H3,(H,31,35). The summed E-state index contributed by atoms with van der Waals surface area (Å²) in [5, 5.41) is 7.05. The van der Waals surface area contributed by atoms with E-state index in [0.717, 1.165) is 42.0 Å². The van der Waals surface area contributed by atoms with Crippen LogP contribution in [0.4, 0.5) is 11.4 Å². The molecule has 2 aliphatic heterocycles. The largest absolute Gasteiger partial charge is 0.493 e. The summed E-state index contributed by atoms with van der Waals surface area (Å²) in [6.45, 7) is 1.74. The Kier molecular flexibility index (Phi) is 5.06. The summed E-state index contributed by atoms with van der Waals surface area (Å²) in [5.74, 6) is 1.22. The van der Waals surface area contributed by atoms with Crippen LogP contribution in [0.2, 0.25) is 5.02 Å². The lowest BCUT2D eigenvalue weighted by Gasteiger charge is -2.35. The van der Waals surface area contributed by atoms with Gasteiger partial charge in [-0.3, -0.25) is 14.7 Å². The Hall–Kier alpha value is -3.82. The summed E-state index contributed by atoms with van der Waals surface area (Å²) >= 11 is 6.40. The van der Waals surface area contributed by atoms with Gasteiger partial charge < -0.3 is 25.1 Å². The molecule has 37 heavy (non-hydrogen) atoms. The smallest absolute Gasteiger partial charge is 0.255 e. The van der Waals surface area contributed by atoms with Crippen molar-refractivity contribution in [1.82, 2.24) is 25.2 Å². The Bertz CT molecular complexity index is 1560. The quantitative estimate of drug-likeness (QED) is 0.350. The van der Waals surface area contributed by atoms with E-state index in [4.69, 9.17) is 26.1 Å². The molecule has 4 aromatic rings. The van der Waals surface area contributed by atoms with Crippen molar-refractivity contribution in [1.29, 1.82) is 0 Å². The third-order valence-electron chi connectivity index (χ3n) is 7.31. The number of benzene rings is 1. The molecule has 5 heterocycles. The number of hydrogen-bond acceptors (Lipinski definition) is 7. The molecule has 7 rings (SSSR count). The molecule has 10 heteroatoms. The van der Waals surface area contributed by atoms with E-state index < -0.39 is 0 Å². The summed E-state index contributed by atoms with van der Waals surface area (Å²) in [5.41, 5.74) is 5.86.